The van der Waals surface area contributed by atoms with E-state index in [-0.39, 0.29) is 18.0 Å². The number of allylic oxidation sites excluding steroid dienone is 1. The van der Waals surface area contributed by atoms with Crippen LogP contribution in [-0.4, -0.2) is 45.4 Å². The van der Waals surface area contributed by atoms with E-state index in [2.05, 4.69) is 6.58 Å². The number of esters is 1. The summed E-state index contributed by atoms with van der Waals surface area (Å²) in [5.41, 5.74) is 1.21. The molecule has 2 atom stereocenters. The zero-order valence-electron chi connectivity index (χ0n) is 24.8. The van der Waals surface area contributed by atoms with Gasteiger partial charge in [0.25, 0.3) is 0 Å². The van der Waals surface area contributed by atoms with Gasteiger partial charge in [-0.2, -0.15) is 0 Å². The molecular formula is C34H34N2O7. The van der Waals surface area contributed by atoms with Gasteiger partial charge >= 0.3 is 12.1 Å². The molecule has 0 saturated heterocycles. The highest BCUT2D eigenvalue weighted by Gasteiger charge is 2.61. The van der Waals surface area contributed by atoms with Crippen LogP contribution in [0.2, 0.25) is 0 Å². The highest BCUT2D eigenvalue weighted by atomic mass is 16.6. The Bertz CT molecular complexity index is 1610. The van der Waals surface area contributed by atoms with Gasteiger partial charge in [-0.25, -0.2) is 9.59 Å². The van der Waals surface area contributed by atoms with Gasteiger partial charge in [-0.15, -0.1) is 6.58 Å². The van der Waals surface area contributed by atoms with Gasteiger partial charge in [0, 0.05) is 23.4 Å². The Morgan fingerprint density at radius 3 is 2.21 bits per heavy atom. The van der Waals surface area contributed by atoms with Crippen molar-refractivity contribution in [3.05, 3.63) is 108 Å². The molecule has 2 aliphatic rings. The van der Waals surface area contributed by atoms with Crippen LogP contribution in [0.25, 0.3) is 0 Å². The lowest BCUT2D eigenvalue weighted by atomic mass is 9.64. The highest BCUT2D eigenvalue weighted by Crippen LogP contribution is 2.58. The fraction of sp³-hybridized carbons (Fsp3) is 0.265. The molecule has 0 radical (unpaired) electrons. The number of fused-ring (bicyclic) bond motifs is 3. The summed E-state index contributed by atoms with van der Waals surface area (Å²) in [5, 5.41) is 0. The molecule has 43 heavy (non-hydrogen) atoms. The van der Waals surface area contributed by atoms with Crippen molar-refractivity contribution in [3.63, 3.8) is 0 Å². The smallest absolute Gasteiger partial charge is 0.418 e. The number of hydrogen-bond acceptors (Lipinski definition) is 7. The van der Waals surface area contributed by atoms with Crippen molar-refractivity contribution in [2.45, 2.75) is 37.8 Å². The first-order valence-corrected chi connectivity index (χ1v) is 13.9. The quantitative estimate of drug-likeness (QED) is 0.254. The van der Waals surface area contributed by atoms with Gasteiger partial charge in [0.1, 0.15) is 16.9 Å². The molecule has 9 heteroatoms. The third-order valence-electron chi connectivity index (χ3n) is 7.84. The van der Waals surface area contributed by atoms with Crippen LogP contribution in [0, 0.1) is 0 Å². The topological polar surface area (TPSA) is 94.6 Å². The highest BCUT2D eigenvalue weighted by molar-refractivity contribution is 6.17. The number of methoxy groups -OCH3 is 3. The number of rotatable bonds is 7. The molecule has 2 amide bonds. The minimum absolute atomic E-state index is 0.0502. The summed E-state index contributed by atoms with van der Waals surface area (Å²) in [7, 11) is 4.31. The molecule has 3 aromatic carbocycles. The summed E-state index contributed by atoms with van der Waals surface area (Å²) in [4.78, 5) is 45.5. The number of carbonyl (C=O) groups is 3. The lowest BCUT2D eigenvalue weighted by Crippen LogP contribution is -2.47. The summed E-state index contributed by atoms with van der Waals surface area (Å²) in [6.45, 7) is 7.84. The van der Waals surface area contributed by atoms with Crippen LogP contribution >= 0.6 is 0 Å². The Balaban J connectivity index is 1.89. The molecule has 0 fully saturated rings. The van der Waals surface area contributed by atoms with Gasteiger partial charge in [0.2, 0.25) is 5.91 Å². The molecule has 0 saturated carbocycles. The number of amides is 2. The second kappa shape index (κ2) is 11.7. The Kier molecular flexibility index (Phi) is 8.00. The van der Waals surface area contributed by atoms with Crippen molar-refractivity contribution in [2.24, 2.45) is 0 Å². The molecule has 2 aliphatic heterocycles. The van der Waals surface area contributed by atoms with Crippen molar-refractivity contribution in [2.75, 3.05) is 31.1 Å². The van der Waals surface area contributed by atoms with Crippen molar-refractivity contribution >= 4 is 29.3 Å². The van der Waals surface area contributed by atoms with Crippen LogP contribution in [0.1, 0.15) is 36.5 Å². The van der Waals surface area contributed by atoms with Crippen molar-refractivity contribution < 1.29 is 33.3 Å². The van der Waals surface area contributed by atoms with E-state index < -0.39 is 29.5 Å². The molecule has 2 heterocycles. The normalized spacial score (nSPS) is 18.9. The van der Waals surface area contributed by atoms with Crippen molar-refractivity contribution in [1.29, 1.82) is 0 Å². The van der Waals surface area contributed by atoms with E-state index in [4.69, 9.17) is 18.9 Å². The molecule has 0 aromatic heterocycles. The molecule has 1 spiro atoms. The SMILES string of the molecule is C=C[C@H]1c2cc(OC)ccc2N(C(=O)OC(C)C)C=C(C(=O)OC)[C@]12C(=O)N(Cc1ccccc1)c1ccc(OC)cc12. The molecule has 9 nitrogen and oxygen atoms in total. The second-order valence-electron chi connectivity index (χ2n) is 10.5. The lowest BCUT2D eigenvalue weighted by molar-refractivity contribution is -0.138. The average molecular weight is 583 g/mol. The van der Waals surface area contributed by atoms with E-state index in [0.717, 1.165) is 5.56 Å². The maximum atomic E-state index is 15.1. The third kappa shape index (κ3) is 4.80. The predicted octanol–water partition coefficient (Wildman–Crippen LogP) is 5.88. The van der Waals surface area contributed by atoms with E-state index in [1.165, 1.54) is 32.4 Å². The van der Waals surface area contributed by atoms with Gasteiger partial charge in [0.15, 0.2) is 0 Å². The van der Waals surface area contributed by atoms with E-state index in [0.29, 0.717) is 34.0 Å². The minimum atomic E-state index is -1.69. The molecule has 3 aromatic rings. The van der Waals surface area contributed by atoms with E-state index >= 15 is 4.79 Å². The minimum Gasteiger partial charge on any atom is -0.497 e. The number of hydrogen-bond donors (Lipinski definition) is 0. The fourth-order valence-electron chi connectivity index (χ4n) is 5.98. The first kappa shape index (κ1) is 29.4. The summed E-state index contributed by atoms with van der Waals surface area (Å²) >= 11 is 0. The van der Waals surface area contributed by atoms with Gasteiger partial charge in [-0.05, 0) is 61.4 Å². The third-order valence-corrected chi connectivity index (χ3v) is 7.84. The zero-order chi connectivity index (χ0) is 30.9. The molecule has 222 valence electrons. The maximum Gasteiger partial charge on any atom is 0.418 e. The Morgan fingerprint density at radius 2 is 1.60 bits per heavy atom. The number of anilines is 2. The van der Waals surface area contributed by atoms with Crippen LogP contribution in [0.15, 0.2) is 91.2 Å². The van der Waals surface area contributed by atoms with E-state index in [9.17, 15) is 9.59 Å². The summed E-state index contributed by atoms with van der Waals surface area (Å²) in [6, 6.07) is 20.1. The standard InChI is InChI=1S/C34H34N2O7/c1-7-26-25-17-23(40-4)13-15-29(25)36(33(39)43-21(2)3)20-28(31(37)42-6)34(26)27-18-24(41-5)14-16-30(27)35(32(34)38)19-22-11-9-8-10-12-22/h7-18,20-21,26H,1,19H2,2-6H3/t26-,34-/m0/s1. The fourth-order valence-corrected chi connectivity index (χ4v) is 5.98. The van der Waals surface area contributed by atoms with E-state index in [1.807, 2.05) is 30.3 Å². The zero-order valence-corrected chi connectivity index (χ0v) is 24.8. The second-order valence-corrected chi connectivity index (χ2v) is 10.5. The van der Waals surface area contributed by atoms with Crippen molar-refractivity contribution in [1.82, 2.24) is 0 Å². The number of benzene rings is 3. The molecule has 5 rings (SSSR count). The Hall–Kier alpha value is -5.05. The largest absolute Gasteiger partial charge is 0.497 e. The van der Waals surface area contributed by atoms with Crippen LogP contribution < -0.4 is 19.3 Å². The van der Waals surface area contributed by atoms with Gasteiger partial charge in [-0.3, -0.25) is 9.69 Å². The molecule has 0 bridgehead atoms. The van der Waals surface area contributed by atoms with Gasteiger partial charge < -0.3 is 23.8 Å². The Labute approximate surface area is 250 Å². The van der Waals surface area contributed by atoms with Gasteiger partial charge in [-0.1, -0.05) is 36.4 Å². The molecule has 0 N–H and O–H groups in total. The Morgan fingerprint density at radius 1 is 0.953 bits per heavy atom. The van der Waals surface area contributed by atoms with Crippen LogP contribution in [-0.2, 0) is 31.0 Å². The molecule has 0 aliphatic carbocycles. The first-order valence-electron chi connectivity index (χ1n) is 13.9. The first-order chi connectivity index (χ1) is 20.7. The predicted molar refractivity (Wildman–Crippen MR) is 162 cm³/mol. The molecular weight excluding hydrogens is 548 g/mol. The van der Waals surface area contributed by atoms with Gasteiger partial charge in [0.05, 0.1) is 45.2 Å². The van der Waals surface area contributed by atoms with Crippen LogP contribution in [0.5, 0.6) is 11.5 Å². The van der Waals surface area contributed by atoms with Crippen molar-refractivity contribution in [3.8, 4) is 11.5 Å². The number of carbonyl (C=O) groups excluding carboxylic acids is 3. The van der Waals surface area contributed by atoms with E-state index in [1.54, 1.807) is 61.2 Å². The lowest BCUT2D eigenvalue weighted by Gasteiger charge is -2.35. The summed E-state index contributed by atoms with van der Waals surface area (Å²) in [5.74, 6) is -1.02. The van der Waals surface area contributed by atoms with Crippen LogP contribution in [0.3, 0.4) is 0 Å². The average Bonchev–Trinajstić information content (AvgIpc) is 3.16. The summed E-state index contributed by atoms with van der Waals surface area (Å²) in [6.07, 6.45) is 1.81. The number of nitrogens with zero attached hydrogens (tertiary/aromatic N) is 2. The maximum absolute atomic E-state index is 15.1. The number of ether oxygens (including phenoxy) is 4. The molecule has 0 unspecified atom stereocenters. The summed E-state index contributed by atoms with van der Waals surface area (Å²) < 4.78 is 22.1. The monoisotopic (exact) mass is 582 g/mol. The van der Waals surface area contributed by atoms with Crippen LogP contribution in [0.4, 0.5) is 16.2 Å².